The van der Waals surface area contributed by atoms with Gasteiger partial charge in [0.2, 0.25) is 0 Å². The van der Waals surface area contributed by atoms with Gasteiger partial charge in [0.05, 0.1) is 16.3 Å². The van der Waals surface area contributed by atoms with Crippen LogP contribution in [-0.2, 0) is 14.3 Å². The van der Waals surface area contributed by atoms with Crippen LogP contribution in [0.5, 0.6) is 0 Å². The summed E-state index contributed by atoms with van der Waals surface area (Å²) in [5.74, 6) is -2.35. The quantitative estimate of drug-likeness (QED) is 0.333. The smallest absolute Gasteiger partial charge is 0.331 e. The van der Waals surface area contributed by atoms with Crippen LogP contribution in [0.3, 0.4) is 0 Å². The number of aryl methyl sites for hydroxylation is 1. The normalized spacial score (nSPS) is 10.8. The van der Waals surface area contributed by atoms with Crippen molar-refractivity contribution in [2.75, 3.05) is 6.61 Å². The zero-order valence-corrected chi connectivity index (χ0v) is 17.7. The van der Waals surface area contributed by atoms with Crippen LogP contribution in [0.4, 0.5) is 4.39 Å². The second-order valence-electron chi connectivity index (χ2n) is 6.10. The van der Waals surface area contributed by atoms with Crippen molar-refractivity contribution in [1.29, 1.82) is 0 Å². The number of nitrogens with zero attached hydrogens (tertiary/aromatic N) is 2. The number of hydrogen-bond acceptors (Lipinski definition) is 6. The van der Waals surface area contributed by atoms with E-state index in [0.717, 1.165) is 6.08 Å². The topological polar surface area (TPSA) is 102 Å². The third kappa shape index (κ3) is 5.77. The molecule has 3 rings (SSSR count). The molecular weight excluding hydrogens is 447 g/mol. The van der Waals surface area contributed by atoms with Gasteiger partial charge in [-0.05, 0) is 48.7 Å². The molecule has 0 aliphatic carbocycles. The Balaban J connectivity index is 1.53. The number of hydrazine groups is 1. The molecule has 0 bridgehead atoms. The van der Waals surface area contributed by atoms with Crippen LogP contribution in [0, 0.1) is 12.7 Å². The third-order valence-electron chi connectivity index (χ3n) is 3.91. The molecule has 0 saturated heterocycles. The number of carbonyl (C=O) groups excluding carboxylic acids is 3. The summed E-state index contributed by atoms with van der Waals surface area (Å²) in [6.07, 6.45) is 2.51. The van der Waals surface area contributed by atoms with E-state index < -0.39 is 24.4 Å². The zero-order chi connectivity index (χ0) is 22.4. The van der Waals surface area contributed by atoms with E-state index in [2.05, 4.69) is 16.0 Å². The highest BCUT2D eigenvalue weighted by molar-refractivity contribution is 7.12. The van der Waals surface area contributed by atoms with Crippen molar-refractivity contribution in [3.63, 3.8) is 0 Å². The number of amides is 2. The summed E-state index contributed by atoms with van der Waals surface area (Å²) in [5, 5.41) is 6.23. The molecule has 0 spiro atoms. The van der Waals surface area contributed by atoms with Gasteiger partial charge in [-0.2, -0.15) is 5.10 Å². The number of hydrogen-bond donors (Lipinski definition) is 2. The first kappa shape index (κ1) is 22.2. The Bertz CT molecular complexity index is 1130. The monoisotopic (exact) mass is 462 g/mol. The first-order valence-corrected chi connectivity index (χ1v) is 10.1. The van der Waals surface area contributed by atoms with Gasteiger partial charge in [0.15, 0.2) is 6.61 Å². The number of nitrogens with one attached hydrogen (secondary N) is 2. The maximum Gasteiger partial charge on any atom is 0.331 e. The van der Waals surface area contributed by atoms with Crippen molar-refractivity contribution in [2.24, 2.45) is 0 Å². The van der Waals surface area contributed by atoms with Crippen molar-refractivity contribution in [2.45, 2.75) is 6.92 Å². The molecule has 2 N–H and O–H groups in total. The fourth-order valence-corrected chi connectivity index (χ4v) is 3.38. The highest BCUT2D eigenvalue weighted by Crippen LogP contribution is 2.24. The van der Waals surface area contributed by atoms with E-state index in [9.17, 15) is 18.8 Å². The second-order valence-corrected chi connectivity index (χ2v) is 7.40. The number of aromatic nitrogens is 2. The predicted octanol–water partition coefficient (Wildman–Crippen LogP) is 3.05. The molecule has 8 nitrogen and oxygen atoms in total. The molecule has 0 radical (unpaired) electrons. The van der Waals surface area contributed by atoms with Crippen molar-refractivity contribution >= 4 is 46.8 Å². The number of ether oxygens (including phenoxy) is 1. The van der Waals surface area contributed by atoms with Crippen LogP contribution < -0.4 is 10.9 Å². The van der Waals surface area contributed by atoms with Crippen molar-refractivity contribution in [1.82, 2.24) is 20.6 Å². The van der Waals surface area contributed by atoms with Gasteiger partial charge in [0.1, 0.15) is 11.0 Å². The SMILES string of the molecule is Cc1nn(-c2ccc(F)cc2)c(Cl)c1/C=C/C(=O)OCC(=O)NNC(=O)c1cccs1. The number of benzene rings is 1. The van der Waals surface area contributed by atoms with Gasteiger partial charge in [-0.15, -0.1) is 11.3 Å². The van der Waals surface area contributed by atoms with E-state index in [4.69, 9.17) is 16.3 Å². The Morgan fingerprint density at radius 2 is 1.97 bits per heavy atom. The van der Waals surface area contributed by atoms with Gasteiger partial charge in [0, 0.05) is 11.6 Å². The van der Waals surface area contributed by atoms with E-state index >= 15 is 0 Å². The summed E-state index contributed by atoms with van der Waals surface area (Å²) in [6, 6.07) is 8.90. The fourth-order valence-electron chi connectivity index (χ4n) is 2.42. The summed E-state index contributed by atoms with van der Waals surface area (Å²) in [7, 11) is 0. The molecule has 0 aliphatic rings. The first-order valence-electron chi connectivity index (χ1n) is 8.83. The second kappa shape index (κ2) is 10.0. The van der Waals surface area contributed by atoms with Gasteiger partial charge < -0.3 is 4.74 Å². The molecule has 0 atom stereocenters. The highest BCUT2D eigenvalue weighted by atomic mass is 35.5. The fraction of sp³-hybridized carbons (Fsp3) is 0.100. The van der Waals surface area contributed by atoms with E-state index in [-0.39, 0.29) is 11.0 Å². The molecule has 0 aliphatic heterocycles. The van der Waals surface area contributed by atoms with Gasteiger partial charge >= 0.3 is 5.97 Å². The van der Waals surface area contributed by atoms with Crippen LogP contribution in [0.1, 0.15) is 20.9 Å². The number of thiophene rings is 1. The van der Waals surface area contributed by atoms with Crippen LogP contribution in [0.25, 0.3) is 11.8 Å². The minimum Gasteiger partial charge on any atom is -0.452 e. The maximum atomic E-state index is 13.1. The molecule has 1 aromatic carbocycles. The number of esters is 1. The summed E-state index contributed by atoms with van der Waals surface area (Å²) in [6.45, 7) is 1.11. The molecular formula is C20H16ClFN4O4S. The molecule has 2 aromatic heterocycles. The lowest BCUT2D eigenvalue weighted by Gasteiger charge is -2.06. The van der Waals surface area contributed by atoms with Gasteiger partial charge in [-0.1, -0.05) is 17.7 Å². The van der Waals surface area contributed by atoms with Crippen LogP contribution in [0.2, 0.25) is 5.15 Å². The van der Waals surface area contributed by atoms with Gasteiger partial charge in [0.25, 0.3) is 11.8 Å². The number of halogens is 2. The van der Waals surface area contributed by atoms with Crippen LogP contribution >= 0.6 is 22.9 Å². The van der Waals surface area contributed by atoms with Crippen LogP contribution in [-0.4, -0.2) is 34.2 Å². The summed E-state index contributed by atoms with van der Waals surface area (Å²) in [5.41, 5.74) is 5.92. The summed E-state index contributed by atoms with van der Waals surface area (Å²) < 4.78 is 19.3. The minimum absolute atomic E-state index is 0.224. The lowest BCUT2D eigenvalue weighted by molar-refractivity contribution is -0.144. The minimum atomic E-state index is -0.787. The predicted molar refractivity (Wildman–Crippen MR) is 113 cm³/mol. The van der Waals surface area contributed by atoms with Crippen molar-refractivity contribution in [3.8, 4) is 5.69 Å². The summed E-state index contributed by atoms with van der Waals surface area (Å²) >= 11 is 7.54. The largest absolute Gasteiger partial charge is 0.452 e. The Morgan fingerprint density at radius 1 is 1.23 bits per heavy atom. The molecule has 31 heavy (non-hydrogen) atoms. The first-order chi connectivity index (χ1) is 14.8. The lowest BCUT2D eigenvalue weighted by atomic mass is 10.2. The van der Waals surface area contributed by atoms with Crippen molar-refractivity contribution < 1.29 is 23.5 Å². The lowest BCUT2D eigenvalue weighted by Crippen LogP contribution is -2.43. The van der Waals surface area contributed by atoms with E-state index in [1.165, 1.54) is 46.4 Å². The Labute approximate surface area is 185 Å². The molecule has 2 heterocycles. The Kier molecular flexibility index (Phi) is 7.16. The standard InChI is InChI=1S/C20H16ClFN4O4S/c1-12-15(19(21)26(25-12)14-6-4-13(22)5-7-14)8-9-18(28)30-11-17(27)23-24-20(29)16-3-2-10-31-16/h2-10H,11H2,1H3,(H,23,27)(H,24,29)/b9-8+. The van der Waals surface area contributed by atoms with E-state index in [0.29, 0.717) is 21.8 Å². The molecule has 0 unspecified atom stereocenters. The van der Waals surface area contributed by atoms with E-state index in [1.807, 2.05) is 0 Å². The average molecular weight is 463 g/mol. The van der Waals surface area contributed by atoms with E-state index in [1.54, 1.807) is 24.4 Å². The molecule has 3 aromatic rings. The zero-order valence-electron chi connectivity index (χ0n) is 16.1. The number of rotatable bonds is 6. The average Bonchev–Trinajstić information content (AvgIpc) is 3.38. The maximum absolute atomic E-state index is 13.1. The Morgan fingerprint density at radius 3 is 2.65 bits per heavy atom. The molecule has 0 fully saturated rings. The number of carbonyl (C=O) groups is 3. The molecule has 160 valence electrons. The van der Waals surface area contributed by atoms with Gasteiger partial charge in [-0.3, -0.25) is 20.4 Å². The third-order valence-corrected chi connectivity index (χ3v) is 5.14. The molecule has 0 saturated carbocycles. The highest BCUT2D eigenvalue weighted by Gasteiger charge is 2.14. The van der Waals surface area contributed by atoms with Crippen LogP contribution in [0.15, 0.2) is 47.9 Å². The molecule has 2 amide bonds. The summed E-state index contributed by atoms with van der Waals surface area (Å²) in [4.78, 5) is 35.7. The molecule has 11 heteroatoms. The van der Waals surface area contributed by atoms with Gasteiger partial charge in [-0.25, -0.2) is 13.9 Å². The Hall–Kier alpha value is -3.50. The van der Waals surface area contributed by atoms with Crippen molar-refractivity contribution in [3.05, 3.63) is 75.0 Å².